The van der Waals surface area contributed by atoms with Crippen molar-refractivity contribution < 1.29 is 75.0 Å². The summed E-state index contributed by atoms with van der Waals surface area (Å²) in [7, 11) is 0. The van der Waals surface area contributed by atoms with Crippen LogP contribution in [0.25, 0.3) is 0 Å². The van der Waals surface area contributed by atoms with Gasteiger partial charge in [0, 0.05) is 13.1 Å². The number of carbonyl (C=O) groups excluding carboxylic acids is 1. The van der Waals surface area contributed by atoms with E-state index in [1.807, 2.05) is 0 Å². The summed E-state index contributed by atoms with van der Waals surface area (Å²) in [5, 5.41) is 0. The molecule has 0 aromatic heterocycles. The van der Waals surface area contributed by atoms with Crippen LogP contribution in [0, 0.1) is 0 Å². The van der Waals surface area contributed by atoms with Crippen LogP contribution in [-0.2, 0) is 4.79 Å². The van der Waals surface area contributed by atoms with Gasteiger partial charge in [0.1, 0.15) is 0 Å². The van der Waals surface area contributed by atoms with E-state index in [2.05, 4.69) is 0 Å². The van der Waals surface area contributed by atoms with Gasteiger partial charge in [-0.2, -0.15) is 61.5 Å². The van der Waals surface area contributed by atoms with E-state index in [0.717, 1.165) is 13.8 Å². The number of carbonyl (C=O) groups is 1. The normalized spacial score (nSPS) is 15.5. The van der Waals surface area contributed by atoms with Crippen molar-refractivity contribution in [2.45, 2.75) is 61.7 Å². The van der Waals surface area contributed by atoms with Gasteiger partial charge >= 0.3 is 47.9 Å². The summed E-state index contributed by atoms with van der Waals surface area (Å²) in [5.41, 5.74) is 0. The van der Waals surface area contributed by atoms with Gasteiger partial charge in [-0.1, -0.05) is 0 Å². The number of hydrogen-bond acceptors (Lipinski definition) is 1. The first-order chi connectivity index (χ1) is 13.4. The Labute approximate surface area is 162 Å². The molecule has 0 radical (unpaired) electrons. The Hall–Kier alpha value is -1.65. The second-order valence-electron chi connectivity index (χ2n) is 5.85. The third-order valence-corrected chi connectivity index (χ3v) is 3.98. The zero-order valence-electron chi connectivity index (χ0n) is 14.9. The highest BCUT2D eigenvalue weighted by atomic mass is 19.4. The number of nitrogens with zero attached hydrogens (tertiary/aromatic N) is 1. The molecule has 0 N–H and O–H groups in total. The molecule has 0 unspecified atom stereocenters. The highest BCUT2D eigenvalue weighted by Gasteiger charge is 2.94. The molecule has 0 bridgehead atoms. The average molecular weight is 501 g/mol. The van der Waals surface area contributed by atoms with E-state index in [9.17, 15) is 75.0 Å². The van der Waals surface area contributed by atoms with Gasteiger partial charge in [-0.25, -0.2) is 8.78 Å². The fourth-order valence-electron chi connectivity index (χ4n) is 1.98. The minimum absolute atomic E-state index is 0.361. The van der Waals surface area contributed by atoms with Crippen LogP contribution in [-0.4, -0.2) is 71.8 Å². The molecule has 0 fully saturated rings. The van der Waals surface area contributed by atoms with Gasteiger partial charge in [0.25, 0.3) is 5.91 Å². The molecule has 0 aliphatic carbocycles. The second-order valence-corrected chi connectivity index (χ2v) is 5.85. The standard InChI is InChI=1S/C13H11F16NO/c1-3-30(4-2)6(31)8(18,19)10(22,23)12(26,27)13(28,29)11(24,25)9(20,21)7(16,17)5(14)15/h5H,3-4H2,1-2H3. The van der Waals surface area contributed by atoms with Crippen molar-refractivity contribution in [2.24, 2.45) is 0 Å². The number of alkyl halides is 16. The molecule has 2 nitrogen and oxygen atoms in total. The largest absolute Gasteiger partial charge is 0.392 e. The lowest BCUT2D eigenvalue weighted by molar-refractivity contribution is -0.444. The van der Waals surface area contributed by atoms with Crippen LogP contribution in [0.2, 0.25) is 0 Å². The molecule has 186 valence electrons. The fourth-order valence-corrected chi connectivity index (χ4v) is 1.98. The lowest BCUT2D eigenvalue weighted by atomic mass is 9.89. The van der Waals surface area contributed by atoms with Crippen molar-refractivity contribution in [3.05, 3.63) is 0 Å². The van der Waals surface area contributed by atoms with Crippen LogP contribution in [0.15, 0.2) is 0 Å². The summed E-state index contributed by atoms with van der Waals surface area (Å²) in [4.78, 5) is 10.9. The smallest absolute Gasteiger partial charge is 0.338 e. The summed E-state index contributed by atoms with van der Waals surface area (Å²) >= 11 is 0. The molecule has 0 rings (SSSR count). The van der Waals surface area contributed by atoms with Crippen LogP contribution >= 0.6 is 0 Å². The van der Waals surface area contributed by atoms with E-state index in [-0.39, 0.29) is 4.90 Å². The fraction of sp³-hybridized carbons (Fsp3) is 0.923. The first-order valence-corrected chi connectivity index (χ1v) is 7.60. The third-order valence-electron chi connectivity index (χ3n) is 3.98. The molecule has 0 aromatic rings. The van der Waals surface area contributed by atoms with Gasteiger partial charge in [-0.3, -0.25) is 4.79 Å². The van der Waals surface area contributed by atoms with Crippen molar-refractivity contribution in [3.63, 3.8) is 0 Å². The molecule has 0 spiro atoms. The van der Waals surface area contributed by atoms with Gasteiger partial charge in [0.15, 0.2) is 0 Å². The lowest BCUT2D eigenvalue weighted by Crippen LogP contribution is -2.74. The molecule has 0 saturated heterocycles. The molecule has 18 heteroatoms. The number of halogens is 16. The summed E-state index contributed by atoms with van der Waals surface area (Å²) in [6.07, 6.45) is -5.90. The Balaban J connectivity index is 6.72. The van der Waals surface area contributed by atoms with Crippen LogP contribution < -0.4 is 0 Å². The Bertz CT molecular complexity index is 654. The maximum Gasteiger partial charge on any atom is 0.392 e. The average Bonchev–Trinajstić information content (AvgIpc) is 2.61. The van der Waals surface area contributed by atoms with Gasteiger partial charge < -0.3 is 4.90 Å². The maximum absolute atomic E-state index is 13.6. The van der Waals surface area contributed by atoms with E-state index in [4.69, 9.17) is 0 Å². The highest BCUT2D eigenvalue weighted by molar-refractivity contribution is 5.85. The Morgan fingerprint density at radius 1 is 0.613 bits per heavy atom. The summed E-state index contributed by atoms with van der Waals surface area (Å²) in [6, 6.07) is 0. The van der Waals surface area contributed by atoms with E-state index >= 15 is 0 Å². The Morgan fingerprint density at radius 2 is 0.903 bits per heavy atom. The van der Waals surface area contributed by atoms with Gasteiger partial charge in [0.05, 0.1) is 0 Å². The predicted molar refractivity (Wildman–Crippen MR) is 68.6 cm³/mol. The molecule has 1 amide bonds. The molecule has 0 aliphatic rings. The molecule has 31 heavy (non-hydrogen) atoms. The highest BCUT2D eigenvalue weighted by Crippen LogP contribution is 2.62. The molecule has 0 atom stereocenters. The monoisotopic (exact) mass is 501 g/mol. The topological polar surface area (TPSA) is 20.3 Å². The molecule has 0 aromatic carbocycles. The maximum atomic E-state index is 13.6. The Kier molecular flexibility index (Phi) is 7.61. The first-order valence-electron chi connectivity index (χ1n) is 7.60. The molecule has 0 saturated carbocycles. The third kappa shape index (κ3) is 3.76. The number of amides is 1. The van der Waals surface area contributed by atoms with E-state index in [0.29, 0.717) is 0 Å². The van der Waals surface area contributed by atoms with Gasteiger partial charge in [0.2, 0.25) is 0 Å². The minimum atomic E-state index is -8.50. The van der Waals surface area contributed by atoms with Crippen molar-refractivity contribution in [1.29, 1.82) is 0 Å². The molecular weight excluding hydrogens is 490 g/mol. The quantitative estimate of drug-likeness (QED) is 0.359. The Morgan fingerprint density at radius 3 is 1.19 bits per heavy atom. The number of rotatable bonds is 10. The molecule has 0 heterocycles. The molecular formula is C13H11F16NO. The molecule has 0 aliphatic heterocycles. The minimum Gasteiger partial charge on any atom is -0.338 e. The van der Waals surface area contributed by atoms with Crippen LogP contribution in [0.5, 0.6) is 0 Å². The zero-order valence-corrected chi connectivity index (χ0v) is 14.9. The summed E-state index contributed by atoms with van der Waals surface area (Å²) < 4.78 is 210. The van der Waals surface area contributed by atoms with Gasteiger partial charge in [-0.15, -0.1) is 0 Å². The van der Waals surface area contributed by atoms with Crippen LogP contribution in [0.4, 0.5) is 70.2 Å². The zero-order chi connectivity index (χ0) is 25.6. The SMILES string of the molecule is CCN(CC)C(=O)C(F)(F)C(F)(F)C(F)(F)C(F)(F)C(F)(F)C(F)(F)C(F)(F)C(F)F. The number of hydrogen-bond donors (Lipinski definition) is 0. The van der Waals surface area contributed by atoms with E-state index < -0.39 is 66.9 Å². The van der Waals surface area contributed by atoms with Crippen molar-refractivity contribution in [2.75, 3.05) is 13.1 Å². The summed E-state index contributed by atoms with van der Waals surface area (Å²) in [6.45, 7) is -0.275. The lowest BCUT2D eigenvalue weighted by Gasteiger charge is -2.42. The van der Waals surface area contributed by atoms with Crippen LogP contribution in [0.3, 0.4) is 0 Å². The van der Waals surface area contributed by atoms with Crippen molar-refractivity contribution in [1.82, 2.24) is 4.90 Å². The van der Waals surface area contributed by atoms with Crippen molar-refractivity contribution in [3.8, 4) is 0 Å². The van der Waals surface area contributed by atoms with Crippen LogP contribution in [0.1, 0.15) is 13.8 Å². The summed E-state index contributed by atoms with van der Waals surface area (Å²) in [5.74, 6) is -59.1. The van der Waals surface area contributed by atoms with Crippen molar-refractivity contribution >= 4 is 5.91 Å². The van der Waals surface area contributed by atoms with E-state index in [1.54, 1.807) is 0 Å². The van der Waals surface area contributed by atoms with Gasteiger partial charge in [-0.05, 0) is 13.8 Å². The first kappa shape index (κ1) is 29.3. The second kappa shape index (κ2) is 8.04. The van der Waals surface area contributed by atoms with E-state index in [1.165, 1.54) is 0 Å². The predicted octanol–water partition coefficient (Wildman–Crippen LogP) is 5.57.